The first-order valence-electron chi connectivity index (χ1n) is 6.93. The second-order valence-corrected chi connectivity index (χ2v) is 5.72. The van der Waals surface area contributed by atoms with Crippen LogP contribution in [0, 0.1) is 5.92 Å². The number of amides is 1. The van der Waals surface area contributed by atoms with Crippen molar-refractivity contribution in [2.45, 2.75) is 38.1 Å². The quantitative estimate of drug-likeness (QED) is 0.890. The maximum Gasteiger partial charge on any atom is 0.223 e. The molecule has 1 aliphatic carbocycles. The molecule has 104 valence electrons. The van der Waals surface area contributed by atoms with E-state index in [1.807, 2.05) is 24.3 Å². The van der Waals surface area contributed by atoms with Crippen molar-refractivity contribution in [3.63, 3.8) is 0 Å². The Morgan fingerprint density at radius 1 is 1.32 bits per heavy atom. The van der Waals surface area contributed by atoms with E-state index in [1.165, 1.54) is 0 Å². The fourth-order valence-corrected chi connectivity index (χ4v) is 2.76. The van der Waals surface area contributed by atoms with Gasteiger partial charge >= 0.3 is 0 Å². The molecule has 0 saturated heterocycles. The van der Waals surface area contributed by atoms with Crippen LogP contribution in [0.2, 0.25) is 5.02 Å². The van der Waals surface area contributed by atoms with Crippen LogP contribution in [0.3, 0.4) is 0 Å². The number of rotatable bonds is 4. The van der Waals surface area contributed by atoms with E-state index in [0.29, 0.717) is 6.54 Å². The van der Waals surface area contributed by atoms with Crippen LogP contribution in [0.1, 0.15) is 31.2 Å². The predicted octanol–water partition coefficient (Wildman–Crippen LogP) is 2.52. The monoisotopic (exact) mass is 280 g/mol. The number of hydrogen-bond acceptors (Lipinski definition) is 2. The standard InChI is InChI=1S/C15H21ClN2O/c16-13-3-1-2-11(10-13)8-9-18-15(19)12-4-6-14(17)7-5-12/h1-3,10,12,14H,4-9,17H2,(H,18,19). The molecule has 19 heavy (non-hydrogen) atoms. The molecule has 3 nitrogen and oxygen atoms in total. The first-order valence-corrected chi connectivity index (χ1v) is 7.30. The summed E-state index contributed by atoms with van der Waals surface area (Å²) in [5, 5.41) is 3.75. The zero-order valence-electron chi connectivity index (χ0n) is 11.1. The molecule has 1 aliphatic rings. The Morgan fingerprint density at radius 3 is 2.74 bits per heavy atom. The van der Waals surface area contributed by atoms with Crippen molar-refractivity contribution >= 4 is 17.5 Å². The molecule has 0 heterocycles. The summed E-state index contributed by atoms with van der Waals surface area (Å²) in [6, 6.07) is 8.04. The van der Waals surface area contributed by atoms with Crippen LogP contribution < -0.4 is 11.1 Å². The van der Waals surface area contributed by atoms with Gasteiger partial charge in [-0.15, -0.1) is 0 Å². The number of nitrogens with one attached hydrogen (secondary N) is 1. The summed E-state index contributed by atoms with van der Waals surface area (Å²) >= 11 is 5.92. The van der Waals surface area contributed by atoms with Gasteiger partial charge in [0.25, 0.3) is 0 Å². The maximum absolute atomic E-state index is 12.0. The molecule has 0 spiro atoms. The van der Waals surface area contributed by atoms with Crippen LogP contribution in [0.4, 0.5) is 0 Å². The van der Waals surface area contributed by atoms with E-state index in [9.17, 15) is 4.79 Å². The van der Waals surface area contributed by atoms with Crippen LogP contribution in [0.15, 0.2) is 24.3 Å². The van der Waals surface area contributed by atoms with Gasteiger partial charge in [-0.3, -0.25) is 4.79 Å². The van der Waals surface area contributed by atoms with Gasteiger partial charge in [-0.1, -0.05) is 23.7 Å². The van der Waals surface area contributed by atoms with E-state index in [1.54, 1.807) is 0 Å². The summed E-state index contributed by atoms with van der Waals surface area (Å²) < 4.78 is 0. The Bertz CT molecular complexity index is 428. The fraction of sp³-hybridized carbons (Fsp3) is 0.533. The lowest BCUT2D eigenvalue weighted by Crippen LogP contribution is -2.37. The molecular formula is C15H21ClN2O. The summed E-state index contributed by atoms with van der Waals surface area (Å²) in [7, 11) is 0. The average Bonchev–Trinajstić information content (AvgIpc) is 2.39. The summed E-state index contributed by atoms with van der Waals surface area (Å²) in [5.41, 5.74) is 6.99. The molecule has 0 radical (unpaired) electrons. The van der Waals surface area contributed by atoms with Gasteiger partial charge in [0.15, 0.2) is 0 Å². The van der Waals surface area contributed by atoms with E-state index in [4.69, 9.17) is 17.3 Å². The minimum Gasteiger partial charge on any atom is -0.356 e. The Kier molecular flexibility index (Phi) is 5.23. The molecule has 1 aromatic rings. The largest absolute Gasteiger partial charge is 0.356 e. The summed E-state index contributed by atoms with van der Waals surface area (Å²) in [4.78, 5) is 12.0. The number of benzene rings is 1. The number of hydrogen-bond donors (Lipinski definition) is 2. The number of carbonyl (C=O) groups excluding carboxylic acids is 1. The molecule has 1 amide bonds. The molecular weight excluding hydrogens is 260 g/mol. The van der Waals surface area contributed by atoms with Crippen LogP contribution >= 0.6 is 11.6 Å². The molecule has 1 aromatic carbocycles. The molecule has 3 N–H and O–H groups in total. The van der Waals surface area contributed by atoms with Gasteiger partial charge in [0, 0.05) is 23.5 Å². The molecule has 0 atom stereocenters. The molecule has 4 heteroatoms. The van der Waals surface area contributed by atoms with E-state index in [2.05, 4.69) is 5.32 Å². The highest BCUT2D eigenvalue weighted by Gasteiger charge is 2.23. The van der Waals surface area contributed by atoms with Gasteiger partial charge in [-0.2, -0.15) is 0 Å². The van der Waals surface area contributed by atoms with Crippen molar-refractivity contribution in [2.24, 2.45) is 11.7 Å². The van der Waals surface area contributed by atoms with E-state index < -0.39 is 0 Å². The van der Waals surface area contributed by atoms with Crippen molar-refractivity contribution < 1.29 is 4.79 Å². The van der Waals surface area contributed by atoms with Crippen LogP contribution in [-0.2, 0) is 11.2 Å². The zero-order chi connectivity index (χ0) is 13.7. The highest BCUT2D eigenvalue weighted by Crippen LogP contribution is 2.23. The normalized spacial score (nSPS) is 23.1. The minimum atomic E-state index is 0.152. The molecule has 1 saturated carbocycles. The van der Waals surface area contributed by atoms with Crippen molar-refractivity contribution in [3.05, 3.63) is 34.9 Å². The lowest BCUT2D eigenvalue weighted by atomic mass is 9.86. The van der Waals surface area contributed by atoms with Crippen LogP contribution in [-0.4, -0.2) is 18.5 Å². The lowest BCUT2D eigenvalue weighted by molar-refractivity contribution is -0.125. The predicted molar refractivity (Wildman–Crippen MR) is 78.1 cm³/mol. The van der Waals surface area contributed by atoms with Gasteiger partial charge in [0.1, 0.15) is 0 Å². The van der Waals surface area contributed by atoms with E-state index >= 15 is 0 Å². The Hall–Kier alpha value is -1.06. The second-order valence-electron chi connectivity index (χ2n) is 5.28. The first kappa shape index (κ1) is 14.4. The molecule has 0 aliphatic heterocycles. The summed E-state index contributed by atoms with van der Waals surface area (Å²) in [6.45, 7) is 0.668. The SMILES string of the molecule is NC1CCC(C(=O)NCCc2cccc(Cl)c2)CC1. The van der Waals surface area contributed by atoms with Crippen molar-refractivity contribution in [3.8, 4) is 0 Å². The Labute approximate surface area is 119 Å². The number of halogens is 1. The maximum atomic E-state index is 12.0. The Morgan fingerprint density at radius 2 is 2.05 bits per heavy atom. The van der Waals surface area contributed by atoms with Crippen LogP contribution in [0.5, 0.6) is 0 Å². The zero-order valence-corrected chi connectivity index (χ0v) is 11.8. The average molecular weight is 281 g/mol. The molecule has 0 bridgehead atoms. The van der Waals surface area contributed by atoms with Gasteiger partial charge < -0.3 is 11.1 Å². The highest BCUT2D eigenvalue weighted by molar-refractivity contribution is 6.30. The van der Waals surface area contributed by atoms with Gasteiger partial charge in [-0.25, -0.2) is 0 Å². The first-order chi connectivity index (χ1) is 9.15. The van der Waals surface area contributed by atoms with E-state index in [-0.39, 0.29) is 17.9 Å². The van der Waals surface area contributed by atoms with Gasteiger partial charge in [0.2, 0.25) is 5.91 Å². The number of carbonyl (C=O) groups is 1. The van der Waals surface area contributed by atoms with Crippen LogP contribution in [0.25, 0.3) is 0 Å². The van der Waals surface area contributed by atoms with Crippen molar-refractivity contribution in [1.82, 2.24) is 5.32 Å². The third-order valence-corrected chi connectivity index (χ3v) is 3.98. The van der Waals surface area contributed by atoms with Gasteiger partial charge in [0.05, 0.1) is 0 Å². The minimum absolute atomic E-state index is 0.152. The van der Waals surface area contributed by atoms with Crippen molar-refractivity contribution in [2.75, 3.05) is 6.54 Å². The lowest BCUT2D eigenvalue weighted by Gasteiger charge is -2.25. The van der Waals surface area contributed by atoms with Gasteiger partial charge in [-0.05, 0) is 49.8 Å². The summed E-state index contributed by atoms with van der Waals surface area (Å²) in [5.74, 6) is 0.327. The van der Waals surface area contributed by atoms with E-state index in [0.717, 1.165) is 42.7 Å². The second kappa shape index (κ2) is 6.92. The fourth-order valence-electron chi connectivity index (χ4n) is 2.55. The molecule has 2 rings (SSSR count). The molecule has 0 aromatic heterocycles. The third kappa shape index (κ3) is 4.51. The summed E-state index contributed by atoms with van der Waals surface area (Å²) in [6.07, 6.45) is 4.59. The smallest absolute Gasteiger partial charge is 0.223 e. The van der Waals surface area contributed by atoms with Crippen molar-refractivity contribution in [1.29, 1.82) is 0 Å². The number of nitrogens with two attached hydrogens (primary N) is 1. The topological polar surface area (TPSA) is 55.1 Å². The highest BCUT2D eigenvalue weighted by atomic mass is 35.5. The molecule has 0 unspecified atom stereocenters. The third-order valence-electron chi connectivity index (χ3n) is 3.74. The Balaban J connectivity index is 1.72. The molecule has 1 fully saturated rings.